The molecule has 3 heteroatoms. The molecule has 214 valence electrons. The minimum absolute atomic E-state index is 0.00156. The minimum atomic E-state index is -0.0230. The Bertz CT molecular complexity index is 1020. The fourth-order valence-corrected chi connectivity index (χ4v) is 11.6. The molecular weight excluding hydrogens is 468 g/mol. The van der Waals surface area contributed by atoms with Crippen molar-refractivity contribution in [3.63, 3.8) is 0 Å². The molecule has 0 aromatic heterocycles. The predicted molar refractivity (Wildman–Crippen MR) is 154 cm³/mol. The third-order valence-corrected chi connectivity index (χ3v) is 14.8. The van der Waals surface area contributed by atoms with Gasteiger partial charge in [-0.05, 0) is 109 Å². The second-order valence-electron chi connectivity index (χ2n) is 16.4. The van der Waals surface area contributed by atoms with Crippen LogP contribution < -0.4 is 0 Å². The molecule has 0 aromatic carbocycles. The van der Waals surface area contributed by atoms with Gasteiger partial charge in [-0.1, -0.05) is 74.8 Å². The minimum Gasteiger partial charge on any atom is -0.462 e. The van der Waals surface area contributed by atoms with Crippen molar-refractivity contribution in [2.75, 3.05) is 0 Å². The molecule has 0 bridgehead atoms. The van der Waals surface area contributed by atoms with Crippen LogP contribution in [-0.2, 0) is 14.3 Å². The Morgan fingerprint density at radius 1 is 0.947 bits per heavy atom. The van der Waals surface area contributed by atoms with Crippen molar-refractivity contribution in [3.8, 4) is 0 Å². The van der Waals surface area contributed by atoms with Gasteiger partial charge in [-0.3, -0.25) is 9.59 Å². The van der Waals surface area contributed by atoms with Crippen LogP contribution in [0.5, 0.6) is 0 Å². The highest BCUT2D eigenvalue weighted by Crippen LogP contribution is 2.74. The number of hydrogen-bond acceptors (Lipinski definition) is 3. The summed E-state index contributed by atoms with van der Waals surface area (Å²) in [7, 11) is 0. The number of carbonyl (C=O) groups excluding carboxylic acids is 2. The molecule has 3 nitrogen and oxygen atoms in total. The number of esters is 1. The molecule has 5 unspecified atom stereocenters. The predicted octanol–water partition coefficient (Wildman–Crippen LogP) is 8.51. The third kappa shape index (κ3) is 3.64. The number of ketones is 1. The first-order valence-electron chi connectivity index (χ1n) is 16.0. The second kappa shape index (κ2) is 8.94. The van der Waals surface area contributed by atoms with E-state index in [1.54, 1.807) is 0 Å². The van der Waals surface area contributed by atoms with Gasteiger partial charge in [0.25, 0.3) is 0 Å². The molecule has 13 atom stereocenters. The lowest BCUT2D eigenvalue weighted by Crippen LogP contribution is -2.57. The number of rotatable bonds is 4. The fraction of sp³-hybridized carbons (Fsp3) is 0.886. The number of cyclic esters (lactones) is 1. The lowest BCUT2D eigenvalue weighted by atomic mass is 9.41. The summed E-state index contributed by atoms with van der Waals surface area (Å²) >= 11 is 0. The van der Waals surface area contributed by atoms with Gasteiger partial charge in [-0.15, -0.1) is 0 Å². The zero-order chi connectivity index (χ0) is 28.2. The van der Waals surface area contributed by atoms with Crippen molar-refractivity contribution >= 4 is 11.8 Å². The van der Waals surface area contributed by atoms with Crippen LogP contribution in [0.25, 0.3) is 0 Å². The van der Waals surface area contributed by atoms with Crippen LogP contribution in [-0.4, -0.2) is 17.9 Å². The lowest BCUT2D eigenvalue weighted by Gasteiger charge is -2.62. The molecule has 0 radical (unpaired) electrons. The standard InChI is InChI=1S/C35H56O3/c1-19-16-27-28(36)17-26-25(33(27,9)18-20(19)2)12-14-35(11)29(13-15-34(26,35)10)32(7,8)23(5)21(3)30-22(4)31(37)38-24(30)6/h17,19-25,27,29-30H,12-16,18H2,1-11H3/t19?,20?,21?,22-,23+,24+,25?,27-,29+,30?,33+,34-,35+/m0/s1. The van der Waals surface area contributed by atoms with Gasteiger partial charge < -0.3 is 4.74 Å². The van der Waals surface area contributed by atoms with Crippen LogP contribution in [0.3, 0.4) is 0 Å². The van der Waals surface area contributed by atoms with E-state index in [9.17, 15) is 9.59 Å². The molecule has 0 amide bonds. The van der Waals surface area contributed by atoms with E-state index in [1.807, 2.05) is 0 Å². The molecule has 0 aromatic rings. The maximum atomic E-state index is 13.8. The van der Waals surface area contributed by atoms with Crippen LogP contribution in [0, 0.1) is 74.9 Å². The Morgan fingerprint density at radius 3 is 2.21 bits per heavy atom. The molecular formula is C35H56O3. The van der Waals surface area contributed by atoms with Gasteiger partial charge in [-0.25, -0.2) is 0 Å². The number of allylic oxidation sites excluding steroid dienone is 2. The first-order valence-corrected chi connectivity index (χ1v) is 16.0. The van der Waals surface area contributed by atoms with Crippen molar-refractivity contribution in [1.29, 1.82) is 0 Å². The number of fused-ring (bicyclic) bond motifs is 5. The van der Waals surface area contributed by atoms with Gasteiger partial charge in [0, 0.05) is 11.8 Å². The summed E-state index contributed by atoms with van der Waals surface area (Å²) in [6.45, 7) is 26.4. The summed E-state index contributed by atoms with van der Waals surface area (Å²) in [6.07, 6.45) is 9.37. The number of hydrogen-bond donors (Lipinski definition) is 0. The second-order valence-corrected chi connectivity index (χ2v) is 16.4. The summed E-state index contributed by atoms with van der Waals surface area (Å²) in [6, 6.07) is 0. The normalized spacial score (nSPS) is 50.4. The number of ether oxygens (including phenoxy) is 1. The third-order valence-electron chi connectivity index (χ3n) is 14.8. The first kappa shape index (κ1) is 28.4. The Labute approximate surface area is 233 Å². The van der Waals surface area contributed by atoms with E-state index >= 15 is 0 Å². The molecule has 5 aliphatic rings. The largest absolute Gasteiger partial charge is 0.462 e. The van der Waals surface area contributed by atoms with E-state index in [1.165, 1.54) is 37.7 Å². The maximum absolute atomic E-state index is 13.8. The maximum Gasteiger partial charge on any atom is 0.309 e. The molecule has 38 heavy (non-hydrogen) atoms. The molecule has 3 saturated carbocycles. The Hall–Kier alpha value is -1.12. The van der Waals surface area contributed by atoms with Gasteiger partial charge >= 0.3 is 5.97 Å². The first-order chi connectivity index (χ1) is 17.5. The van der Waals surface area contributed by atoms with Crippen molar-refractivity contribution in [3.05, 3.63) is 11.6 Å². The van der Waals surface area contributed by atoms with Crippen molar-refractivity contribution in [2.45, 2.75) is 121 Å². The van der Waals surface area contributed by atoms with Crippen LogP contribution in [0.4, 0.5) is 0 Å². The van der Waals surface area contributed by atoms with E-state index in [-0.39, 0.29) is 51.5 Å². The van der Waals surface area contributed by atoms with Crippen LogP contribution in [0.1, 0.15) is 115 Å². The quantitative estimate of drug-likeness (QED) is 0.346. The fourth-order valence-electron chi connectivity index (χ4n) is 11.6. The summed E-state index contributed by atoms with van der Waals surface area (Å²) in [4.78, 5) is 26.1. The van der Waals surface area contributed by atoms with Gasteiger partial charge in [0.1, 0.15) is 6.10 Å². The molecule has 0 N–H and O–H groups in total. The summed E-state index contributed by atoms with van der Waals surface area (Å²) in [5.41, 5.74) is 2.04. The Morgan fingerprint density at radius 2 is 1.61 bits per heavy atom. The molecule has 1 saturated heterocycles. The molecule has 1 aliphatic heterocycles. The van der Waals surface area contributed by atoms with Gasteiger partial charge in [-0.2, -0.15) is 0 Å². The van der Waals surface area contributed by atoms with Crippen LogP contribution >= 0.6 is 0 Å². The van der Waals surface area contributed by atoms with Gasteiger partial charge in [0.15, 0.2) is 5.78 Å². The van der Waals surface area contributed by atoms with E-state index < -0.39 is 0 Å². The van der Waals surface area contributed by atoms with Crippen molar-refractivity contribution in [1.82, 2.24) is 0 Å². The molecule has 1 heterocycles. The lowest BCUT2D eigenvalue weighted by molar-refractivity contribution is -0.143. The average molecular weight is 525 g/mol. The average Bonchev–Trinajstić information content (AvgIpc) is 3.26. The monoisotopic (exact) mass is 524 g/mol. The molecule has 4 fully saturated rings. The number of carbonyl (C=O) groups is 2. The van der Waals surface area contributed by atoms with Crippen molar-refractivity contribution in [2.24, 2.45) is 74.9 Å². The summed E-state index contributed by atoms with van der Waals surface area (Å²) in [5, 5.41) is 0. The van der Waals surface area contributed by atoms with Gasteiger partial charge in [0.2, 0.25) is 0 Å². The topological polar surface area (TPSA) is 43.4 Å². The van der Waals surface area contributed by atoms with E-state index in [0.29, 0.717) is 41.3 Å². The highest BCUT2D eigenvalue weighted by Gasteiger charge is 2.67. The highest BCUT2D eigenvalue weighted by molar-refractivity contribution is 5.94. The Balaban J connectivity index is 1.46. The molecule has 5 rings (SSSR count). The van der Waals surface area contributed by atoms with Gasteiger partial charge in [0.05, 0.1) is 5.92 Å². The zero-order valence-electron chi connectivity index (χ0n) is 26.3. The van der Waals surface area contributed by atoms with E-state index in [0.717, 1.165) is 6.42 Å². The summed E-state index contributed by atoms with van der Waals surface area (Å²) < 4.78 is 5.68. The molecule has 0 spiro atoms. The van der Waals surface area contributed by atoms with Crippen LogP contribution in [0.15, 0.2) is 11.6 Å². The zero-order valence-corrected chi connectivity index (χ0v) is 26.3. The Kier molecular flexibility index (Phi) is 6.68. The van der Waals surface area contributed by atoms with Crippen LogP contribution in [0.2, 0.25) is 0 Å². The summed E-state index contributed by atoms with van der Waals surface area (Å²) in [5.74, 6) is 4.24. The smallest absolute Gasteiger partial charge is 0.309 e. The van der Waals surface area contributed by atoms with Crippen molar-refractivity contribution < 1.29 is 14.3 Å². The van der Waals surface area contributed by atoms with E-state index in [4.69, 9.17) is 4.74 Å². The van der Waals surface area contributed by atoms with E-state index in [2.05, 4.69) is 82.2 Å². The highest BCUT2D eigenvalue weighted by atomic mass is 16.6. The SMILES string of the molecule is CC1C[C@H]2C(=O)C=C3C(CC[C@]4(C)[C@@H](C(C)(C)[C@H](C)C(C)C5[C@H](C)C(=O)O[C@@H]5C)CC[C@@]34C)[C@@]2(C)CC1C. The molecule has 4 aliphatic carbocycles.